The highest BCUT2D eigenvalue weighted by Crippen LogP contribution is 2.33. The fraction of sp³-hybridized carbons (Fsp3) is 0.562. The molecule has 0 aromatic heterocycles. The van der Waals surface area contributed by atoms with Crippen LogP contribution in [0.3, 0.4) is 0 Å². The fourth-order valence-corrected chi connectivity index (χ4v) is 2.56. The molecule has 0 saturated carbocycles. The quantitative estimate of drug-likeness (QED) is 0.607. The molecule has 2 atom stereocenters. The van der Waals surface area contributed by atoms with E-state index in [0.717, 1.165) is 12.1 Å². The van der Waals surface area contributed by atoms with E-state index >= 15 is 0 Å². The maximum Gasteiger partial charge on any atom is 0.573 e. The summed E-state index contributed by atoms with van der Waals surface area (Å²) < 4.78 is 81.9. The minimum absolute atomic E-state index is 0.0313. The zero-order chi connectivity index (χ0) is 20.8. The van der Waals surface area contributed by atoms with Crippen LogP contribution in [-0.2, 0) is 11.2 Å². The van der Waals surface area contributed by atoms with Gasteiger partial charge in [-0.3, -0.25) is 4.79 Å². The number of carboxylic acid groups (broad SMARTS) is 1. The van der Waals surface area contributed by atoms with Crippen LogP contribution < -0.4 is 15.2 Å². The van der Waals surface area contributed by atoms with Gasteiger partial charge in [-0.15, -0.1) is 26.3 Å². The highest BCUT2D eigenvalue weighted by Gasteiger charge is 2.34. The average Bonchev–Trinajstić information content (AvgIpc) is 2.47. The van der Waals surface area contributed by atoms with Crippen molar-refractivity contribution in [1.29, 1.82) is 0 Å². The maximum atomic E-state index is 12.4. The number of nitrogens with two attached hydrogens (primary N) is 1. The summed E-state index contributed by atoms with van der Waals surface area (Å²) >= 11 is 0. The smallest absolute Gasteiger partial charge is 0.481 e. The monoisotopic (exact) mass is 403 g/mol. The molecule has 3 N–H and O–H groups in total. The molecular formula is C16H19F6NO4. The van der Waals surface area contributed by atoms with Crippen molar-refractivity contribution in [2.45, 2.75) is 38.9 Å². The third-order valence-electron chi connectivity index (χ3n) is 3.76. The Morgan fingerprint density at radius 2 is 1.56 bits per heavy atom. The van der Waals surface area contributed by atoms with Gasteiger partial charge in [-0.2, -0.15) is 0 Å². The second-order valence-electron chi connectivity index (χ2n) is 5.89. The Labute approximate surface area is 151 Å². The predicted octanol–water partition coefficient (Wildman–Crippen LogP) is 4.10. The first-order valence-corrected chi connectivity index (χ1v) is 7.91. The second-order valence-corrected chi connectivity index (χ2v) is 5.89. The minimum atomic E-state index is -5.09. The molecule has 0 spiro atoms. The number of alkyl halides is 6. The van der Waals surface area contributed by atoms with Crippen molar-refractivity contribution in [2.75, 3.05) is 6.54 Å². The van der Waals surface area contributed by atoms with Crippen molar-refractivity contribution in [1.82, 2.24) is 0 Å². The van der Waals surface area contributed by atoms with Crippen LogP contribution in [0.2, 0.25) is 0 Å². The summed E-state index contributed by atoms with van der Waals surface area (Å²) in [5.41, 5.74) is 5.47. The van der Waals surface area contributed by atoms with Gasteiger partial charge in [-0.05, 0) is 36.5 Å². The number of benzene rings is 1. The summed E-state index contributed by atoms with van der Waals surface area (Å²) in [5.74, 6) is -4.03. The van der Waals surface area contributed by atoms with Gasteiger partial charge in [0.1, 0.15) is 11.5 Å². The lowest BCUT2D eigenvalue weighted by atomic mass is 9.87. The highest BCUT2D eigenvalue weighted by molar-refractivity contribution is 5.70. The molecule has 0 fully saturated rings. The standard InChI is InChI=1S/C16H19F6NO4/c1-2-9(4-11(8-23)14(24)25)3-10-5-12(26-15(17,18)19)7-13(6-10)27-16(20,21)22/h5-7,9,11H,2-4,8,23H2,1H3,(H,24,25). The molecule has 0 aliphatic carbocycles. The topological polar surface area (TPSA) is 81.8 Å². The van der Waals surface area contributed by atoms with Crippen LogP contribution in [0.25, 0.3) is 0 Å². The number of rotatable bonds is 9. The van der Waals surface area contributed by atoms with Crippen molar-refractivity contribution >= 4 is 5.97 Å². The SMILES string of the molecule is CCC(Cc1cc(OC(F)(F)F)cc(OC(F)(F)F)c1)CC(CN)C(=O)O. The van der Waals surface area contributed by atoms with Crippen LogP contribution in [0.15, 0.2) is 18.2 Å². The molecular weight excluding hydrogens is 384 g/mol. The van der Waals surface area contributed by atoms with E-state index in [0.29, 0.717) is 12.5 Å². The summed E-state index contributed by atoms with van der Waals surface area (Å²) in [6.45, 7) is 1.59. The highest BCUT2D eigenvalue weighted by atomic mass is 19.4. The maximum absolute atomic E-state index is 12.4. The van der Waals surface area contributed by atoms with E-state index < -0.39 is 36.1 Å². The molecule has 1 aromatic carbocycles. The van der Waals surface area contributed by atoms with Crippen LogP contribution >= 0.6 is 0 Å². The van der Waals surface area contributed by atoms with Crippen molar-refractivity contribution in [3.05, 3.63) is 23.8 Å². The van der Waals surface area contributed by atoms with Crippen LogP contribution in [0.4, 0.5) is 26.3 Å². The van der Waals surface area contributed by atoms with Gasteiger partial charge in [0.05, 0.1) is 5.92 Å². The number of carbonyl (C=O) groups is 1. The van der Waals surface area contributed by atoms with Crippen LogP contribution in [-0.4, -0.2) is 30.3 Å². The zero-order valence-corrected chi connectivity index (χ0v) is 14.2. The third-order valence-corrected chi connectivity index (χ3v) is 3.76. The molecule has 154 valence electrons. The Bertz CT molecular complexity index is 598. The Morgan fingerprint density at radius 3 is 1.89 bits per heavy atom. The molecule has 1 aromatic rings. The lowest BCUT2D eigenvalue weighted by Crippen LogP contribution is -2.26. The molecule has 0 amide bonds. The van der Waals surface area contributed by atoms with Gasteiger partial charge in [0, 0.05) is 12.6 Å². The molecule has 0 aliphatic rings. The van der Waals surface area contributed by atoms with Gasteiger partial charge < -0.3 is 20.3 Å². The summed E-state index contributed by atoms with van der Waals surface area (Å²) in [4.78, 5) is 11.1. The van der Waals surface area contributed by atoms with Crippen LogP contribution in [0.5, 0.6) is 11.5 Å². The molecule has 0 saturated heterocycles. The molecule has 1 rings (SSSR count). The van der Waals surface area contributed by atoms with E-state index in [2.05, 4.69) is 9.47 Å². The Morgan fingerprint density at radius 1 is 1.07 bits per heavy atom. The van der Waals surface area contributed by atoms with Crippen molar-refractivity contribution in [3.63, 3.8) is 0 Å². The first-order valence-electron chi connectivity index (χ1n) is 7.91. The molecule has 27 heavy (non-hydrogen) atoms. The Hall–Kier alpha value is -2.17. The molecule has 2 unspecified atom stereocenters. The number of hydrogen-bond donors (Lipinski definition) is 2. The van der Waals surface area contributed by atoms with E-state index in [1.165, 1.54) is 0 Å². The summed E-state index contributed by atoms with van der Waals surface area (Å²) in [6.07, 6.45) is -9.58. The van der Waals surface area contributed by atoms with Gasteiger partial charge >= 0.3 is 18.7 Å². The molecule has 0 aliphatic heterocycles. The predicted molar refractivity (Wildman–Crippen MR) is 82.1 cm³/mol. The van der Waals surface area contributed by atoms with Gasteiger partial charge in [0.2, 0.25) is 0 Å². The normalized spacial score (nSPS) is 14.5. The van der Waals surface area contributed by atoms with Gasteiger partial charge in [-0.1, -0.05) is 13.3 Å². The largest absolute Gasteiger partial charge is 0.573 e. The van der Waals surface area contributed by atoms with E-state index in [1.54, 1.807) is 6.92 Å². The second kappa shape index (κ2) is 9.16. The van der Waals surface area contributed by atoms with Gasteiger partial charge in [0.25, 0.3) is 0 Å². The summed E-state index contributed by atoms with van der Waals surface area (Å²) in [5, 5.41) is 9.06. The van der Waals surface area contributed by atoms with Crippen molar-refractivity contribution in [3.8, 4) is 11.5 Å². The number of carboxylic acids is 1. The van der Waals surface area contributed by atoms with Crippen molar-refractivity contribution < 1.29 is 45.7 Å². The van der Waals surface area contributed by atoms with Crippen LogP contribution in [0, 0.1) is 11.8 Å². The number of aliphatic carboxylic acids is 1. The van der Waals surface area contributed by atoms with Crippen molar-refractivity contribution in [2.24, 2.45) is 17.6 Å². The molecule has 0 radical (unpaired) electrons. The summed E-state index contributed by atoms with van der Waals surface area (Å²) in [7, 11) is 0. The first kappa shape index (κ1) is 22.9. The molecule has 5 nitrogen and oxygen atoms in total. The average molecular weight is 403 g/mol. The van der Waals surface area contributed by atoms with E-state index in [9.17, 15) is 31.1 Å². The number of hydrogen-bond acceptors (Lipinski definition) is 4. The molecule has 11 heteroatoms. The molecule has 0 bridgehead atoms. The summed E-state index contributed by atoms with van der Waals surface area (Å²) in [6, 6.07) is 2.36. The van der Waals surface area contributed by atoms with Crippen LogP contribution in [0.1, 0.15) is 25.3 Å². The number of halogens is 6. The van der Waals surface area contributed by atoms with Gasteiger partial charge in [-0.25, -0.2) is 0 Å². The Kier molecular flexibility index (Phi) is 7.76. The van der Waals surface area contributed by atoms with E-state index in [1.807, 2.05) is 0 Å². The number of ether oxygens (including phenoxy) is 2. The van der Waals surface area contributed by atoms with Gasteiger partial charge in [0.15, 0.2) is 0 Å². The van der Waals surface area contributed by atoms with E-state index in [4.69, 9.17) is 10.8 Å². The zero-order valence-electron chi connectivity index (χ0n) is 14.2. The lowest BCUT2D eigenvalue weighted by molar-refractivity contribution is -0.276. The third kappa shape index (κ3) is 8.85. The molecule has 0 heterocycles. The van der Waals surface area contributed by atoms with E-state index in [-0.39, 0.29) is 30.9 Å². The lowest BCUT2D eigenvalue weighted by Gasteiger charge is -2.20. The Balaban J connectivity index is 3.09. The first-order chi connectivity index (χ1) is 12.3. The minimum Gasteiger partial charge on any atom is -0.481 e. The fourth-order valence-electron chi connectivity index (χ4n) is 2.56.